The molecule has 0 saturated carbocycles. The van der Waals surface area contributed by atoms with Gasteiger partial charge in [0, 0.05) is 41.0 Å². The van der Waals surface area contributed by atoms with Gasteiger partial charge in [0.15, 0.2) is 0 Å². The molecule has 1 aliphatic carbocycles. The maximum Gasteiger partial charge on any atom is 0.138 e. The van der Waals surface area contributed by atoms with Crippen LogP contribution in [0.1, 0.15) is 22.3 Å². The van der Waals surface area contributed by atoms with Crippen LogP contribution in [0.3, 0.4) is 0 Å². The van der Waals surface area contributed by atoms with Crippen molar-refractivity contribution in [1.29, 1.82) is 21.0 Å². The summed E-state index contributed by atoms with van der Waals surface area (Å²) in [6.45, 7) is 0. The minimum atomic E-state index is -1.31. The monoisotopic (exact) mass is 538 g/mol. The summed E-state index contributed by atoms with van der Waals surface area (Å²) >= 11 is 0. The fourth-order valence-corrected chi connectivity index (χ4v) is 4.81. The molecule has 190 valence electrons. The smallest absolute Gasteiger partial charge is 0.138 e. The van der Waals surface area contributed by atoms with Crippen molar-refractivity contribution in [2.75, 3.05) is 0 Å². The molecule has 10 heteroatoms. The minimum absolute atomic E-state index is 0.0267. The Morgan fingerprint density at radius 3 is 1.10 bits per heavy atom. The normalized spacial score (nSPS) is 11.1. The van der Waals surface area contributed by atoms with E-state index < -0.39 is 51.6 Å². The summed E-state index contributed by atoms with van der Waals surface area (Å²) in [5, 5.41) is 38.8. The van der Waals surface area contributed by atoms with Gasteiger partial charge in [0.2, 0.25) is 0 Å². The summed E-state index contributed by atoms with van der Waals surface area (Å²) in [4.78, 5) is 0. The van der Waals surface area contributed by atoms with Crippen LogP contribution >= 0.6 is 0 Å². The lowest BCUT2D eigenvalue weighted by Gasteiger charge is -2.12. The maximum absolute atomic E-state index is 14.7. The zero-order valence-corrected chi connectivity index (χ0v) is 19.7. The van der Waals surface area contributed by atoms with E-state index in [-0.39, 0.29) is 50.1 Å². The first-order valence-electron chi connectivity index (χ1n) is 11.1. The molecular formula is C30H8F6N4. The molecule has 4 nitrogen and oxygen atoms in total. The van der Waals surface area contributed by atoms with Gasteiger partial charge in [0.05, 0.1) is 34.4 Å². The quantitative estimate of drug-likeness (QED) is 0.173. The van der Waals surface area contributed by atoms with Crippen molar-refractivity contribution in [2.24, 2.45) is 0 Å². The second kappa shape index (κ2) is 9.48. The van der Waals surface area contributed by atoms with Crippen LogP contribution in [-0.4, -0.2) is 0 Å². The molecule has 0 aromatic heterocycles. The standard InChI is InChI=1S/C30H8F6N4/c31-16-3-24(33)29(25(34)4-16)18-7-20-21-8-19(30-26(35)5-17(32)6-27(30)36)14(10-38)2-23(21)28(15(11-39)12-40)22(20)1-13(18)9-37/h1-8H. The Balaban J connectivity index is 1.93. The average molecular weight is 538 g/mol. The molecule has 0 saturated heterocycles. The largest absolute Gasteiger partial charge is 0.207 e. The number of nitriles is 4. The molecule has 0 unspecified atom stereocenters. The molecule has 4 aromatic carbocycles. The third-order valence-electron chi connectivity index (χ3n) is 6.41. The first-order chi connectivity index (χ1) is 19.1. The van der Waals surface area contributed by atoms with Crippen LogP contribution < -0.4 is 0 Å². The number of rotatable bonds is 2. The molecule has 5 rings (SSSR count). The lowest BCUT2D eigenvalue weighted by atomic mass is 9.91. The van der Waals surface area contributed by atoms with Gasteiger partial charge in [0.25, 0.3) is 0 Å². The molecular weight excluding hydrogens is 530 g/mol. The Labute approximate surface area is 222 Å². The summed E-state index contributed by atoms with van der Waals surface area (Å²) in [6, 6.07) is 13.4. The van der Waals surface area contributed by atoms with Crippen molar-refractivity contribution in [1.82, 2.24) is 0 Å². The molecule has 4 aromatic rings. The van der Waals surface area contributed by atoms with Gasteiger partial charge >= 0.3 is 0 Å². The number of nitrogens with zero attached hydrogens (tertiary/aromatic N) is 4. The molecule has 0 atom stereocenters. The number of benzene rings is 4. The highest BCUT2D eigenvalue weighted by Crippen LogP contribution is 2.50. The SMILES string of the molecule is N#CC(C#N)=C1c2cc(C#N)c(-c3c(F)cc(F)cc3F)cc2-c2cc(-c3c(F)cc(F)cc3F)c(C#N)cc21. The number of hydrogen-bond acceptors (Lipinski definition) is 4. The Morgan fingerprint density at radius 2 is 0.800 bits per heavy atom. The summed E-state index contributed by atoms with van der Waals surface area (Å²) in [5.41, 5.74) is -2.73. The predicted molar refractivity (Wildman–Crippen MR) is 129 cm³/mol. The number of halogens is 6. The topological polar surface area (TPSA) is 95.2 Å². The van der Waals surface area contributed by atoms with E-state index in [2.05, 4.69) is 0 Å². The van der Waals surface area contributed by atoms with Crippen LogP contribution in [0.15, 0.2) is 54.1 Å². The first-order valence-corrected chi connectivity index (χ1v) is 11.1. The molecule has 0 amide bonds. The third-order valence-corrected chi connectivity index (χ3v) is 6.41. The van der Waals surface area contributed by atoms with Crippen LogP contribution in [0.2, 0.25) is 0 Å². The minimum Gasteiger partial charge on any atom is -0.207 e. The molecule has 0 aliphatic heterocycles. The first kappa shape index (κ1) is 25.8. The van der Waals surface area contributed by atoms with Crippen LogP contribution in [0, 0.1) is 80.2 Å². The van der Waals surface area contributed by atoms with Crippen LogP contribution in [0.25, 0.3) is 39.0 Å². The van der Waals surface area contributed by atoms with Gasteiger partial charge in [-0.15, -0.1) is 0 Å². The Kier molecular flexibility index (Phi) is 6.11. The second-order valence-electron chi connectivity index (χ2n) is 8.57. The summed E-state index contributed by atoms with van der Waals surface area (Å²) in [6.07, 6.45) is 0. The van der Waals surface area contributed by atoms with Gasteiger partial charge in [-0.2, -0.15) is 21.0 Å². The van der Waals surface area contributed by atoms with E-state index in [1.54, 1.807) is 24.3 Å². The average Bonchev–Trinajstić information content (AvgIpc) is 3.19. The maximum atomic E-state index is 14.7. The van der Waals surface area contributed by atoms with Gasteiger partial charge in [-0.05, 0) is 46.5 Å². The van der Waals surface area contributed by atoms with E-state index in [0.29, 0.717) is 24.3 Å². The van der Waals surface area contributed by atoms with E-state index in [4.69, 9.17) is 0 Å². The highest BCUT2D eigenvalue weighted by Gasteiger charge is 2.32. The lowest BCUT2D eigenvalue weighted by molar-refractivity contribution is 0.547. The van der Waals surface area contributed by atoms with Crippen LogP contribution in [0.4, 0.5) is 26.3 Å². The Morgan fingerprint density at radius 1 is 0.450 bits per heavy atom. The van der Waals surface area contributed by atoms with Crippen LogP contribution in [0.5, 0.6) is 0 Å². The fraction of sp³-hybridized carbons (Fsp3) is 0. The van der Waals surface area contributed by atoms with Crippen LogP contribution in [-0.2, 0) is 0 Å². The van der Waals surface area contributed by atoms with E-state index in [1.807, 2.05) is 0 Å². The van der Waals surface area contributed by atoms with Gasteiger partial charge in [-0.25, -0.2) is 26.3 Å². The molecule has 0 bridgehead atoms. The molecule has 0 radical (unpaired) electrons. The molecule has 40 heavy (non-hydrogen) atoms. The number of hydrogen-bond donors (Lipinski definition) is 0. The molecule has 0 heterocycles. The fourth-order valence-electron chi connectivity index (χ4n) is 4.81. The summed E-state index contributed by atoms with van der Waals surface area (Å²) in [7, 11) is 0. The molecule has 0 N–H and O–H groups in total. The lowest BCUT2D eigenvalue weighted by Crippen LogP contribution is -1.97. The third kappa shape index (κ3) is 3.84. The van der Waals surface area contributed by atoms with E-state index in [0.717, 1.165) is 0 Å². The summed E-state index contributed by atoms with van der Waals surface area (Å²) in [5.74, 6) is -7.64. The number of allylic oxidation sites excluding steroid dienone is 1. The van der Waals surface area contributed by atoms with Gasteiger partial charge in [0.1, 0.15) is 52.6 Å². The zero-order valence-electron chi connectivity index (χ0n) is 19.7. The van der Waals surface area contributed by atoms with E-state index in [9.17, 15) is 47.4 Å². The van der Waals surface area contributed by atoms with Gasteiger partial charge in [-0.3, -0.25) is 0 Å². The second-order valence-corrected chi connectivity index (χ2v) is 8.57. The highest BCUT2D eigenvalue weighted by atomic mass is 19.2. The zero-order chi connectivity index (χ0) is 28.9. The van der Waals surface area contributed by atoms with Crippen molar-refractivity contribution in [3.05, 3.63) is 111 Å². The van der Waals surface area contributed by atoms with Crippen molar-refractivity contribution < 1.29 is 26.3 Å². The predicted octanol–water partition coefficient (Wildman–Crippen LogP) is 7.43. The van der Waals surface area contributed by atoms with E-state index in [1.165, 1.54) is 24.3 Å². The van der Waals surface area contributed by atoms with Crippen molar-refractivity contribution in [3.63, 3.8) is 0 Å². The Bertz CT molecular complexity index is 1830. The molecule has 0 fully saturated rings. The molecule has 0 spiro atoms. The number of fused-ring (bicyclic) bond motifs is 3. The van der Waals surface area contributed by atoms with Gasteiger partial charge in [-0.1, -0.05) is 0 Å². The van der Waals surface area contributed by atoms with E-state index >= 15 is 0 Å². The molecule has 1 aliphatic rings. The van der Waals surface area contributed by atoms with Gasteiger partial charge < -0.3 is 0 Å². The summed E-state index contributed by atoms with van der Waals surface area (Å²) < 4.78 is 86.2. The van der Waals surface area contributed by atoms with Crippen molar-refractivity contribution in [2.45, 2.75) is 0 Å². The Hall–Kier alpha value is -5.84. The highest BCUT2D eigenvalue weighted by molar-refractivity contribution is 6.07. The van der Waals surface area contributed by atoms with Crippen molar-refractivity contribution in [3.8, 4) is 57.7 Å². The van der Waals surface area contributed by atoms with Crippen molar-refractivity contribution >= 4 is 5.57 Å².